The lowest BCUT2D eigenvalue weighted by Crippen LogP contribution is -2.30. The molecule has 1 aromatic rings. The van der Waals surface area contributed by atoms with Gasteiger partial charge >= 0.3 is 0 Å². The summed E-state index contributed by atoms with van der Waals surface area (Å²) in [6, 6.07) is 4.37. The van der Waals surface area contributed by atoms with Crippen molar-refractivity contribution < 1.29 is 9.72 Å². The van der Waals surface area contributed by atoms with Crippen molar-refractivity contribution in [1.82, 2.24) is 0 Å². The summed E-state index contributed by atoms with van der Waals surface area (Å²) in [5.41, 5.74) is 5.61. The lowest BCUT2D eigenvalue weighted by Gasteiger charge is -2.12. The molecular formula is C11H12BrN3O3. The van der Waals surface area contributed by atoms with Crippen LogP contribution in [0.4, 0.5) is 11.4 Å². The second-order valence-electron chi connectivity index (χ2n) is 4.36. The molecule has 96 valence electrons. The third-order valence-corrected chi connectivity index (χ3v) is 3.76. The summed E-state index contributed by atoms with van der Waals surface area (Å²) in [6.45, 7) is 0.326. The van der Waals surface area contributed by atoms with Gasteiger partial charge < -0.3 is 11.1 Å². The number of nitrogens with one attached hydrogen (secondary N) is 1. The number of nitro benzene ring substituents is 1. The molecule has 6 nitrogen and oxygen atoms in total. The van der Waals surface area contributed by atoms with E-state index in [1.807, 2.05) is 0 Å². The predicted octanol–water partition coefficient (Wildman–Crippen LogP) is 2.03. The smallest absolute Gasteiger partial charge is 0.283 e. The molecule has 0 bridgehead atoms. The Labute approximate surface area is 112 Å². The van der Waals surface area contributed by atoms with E-state index < -0.39 is 10.3 Å². The fourth-order valence-corrected chi connectivity index (χ4v) is 2.19. The van der Waals surface area contributed by atoms with Gasteiger partial charge in [-0.05, 0) is 40.9 Å². The maximum Gasteiger partial charge on any atom is 0.283 e. The standard InChI is InChI=1S/C11H12BrN3O3/c12-8-5-7(1-2-9(8)15(17)18)14-10(16)11(6-13)3-4-11/h1-2,5H,3-4,6,13H2,(H,14,16). The number of rotatable bonds is 4. The van der Waals surface area contributed by atoms with Gasteiger partial charge in [0, 0.05) is 18.3 Å². The zero-order valence-electron chi connectivity index (χ0n) is 9.48. The number of carbonyl (C=O) groups excluding carboxylic acids is 1. The summed E-state index contributed by atoms with van der Waals surface area (Å²) in [6.07, 6.45) is 1.59. The minimum absolute atomic E-state index is 0.0343. The third-order valence-electron chi connectivity index (χ3n) is 3.13. The van der Waals surface area contributed by atoms with Gasteiger partial charge in [0.1, 0.15) is 0 Å². The zero-order valence-corrected chi connectivity index (χ0v) is 11.1. The van der Waals surface area contributed by atoms with Crippen LogP contribution in [0.25, 0.3) is 0 Å². The minimum Gasteiger partial charge on any atom is -0.329 e. The molecule has 3 N–H and O–H groups in total. The second-order valence-corrected chi connectivity index (χ2v) is 5.22. The molecule has 2 rings (SSSR count). The van der Waals surface area contributed by atoms with Gasteiger partial charge in [0.2, 0.25) is 5.91 Å². The van der Waals surface area contributed by atoms with E-state index in [1.165, 1.54) is 18.2 Å². The number of hydrogen-bond donors (Lipinski definition) is 2. The predicted molar refractivity (Wildman–Crippen MR) is 70.1 cm³/mol. The van der Waals surface area contributed by atoms with Gasteiger partial charge in [-0.3, -0.25) is 14.9 Å². The Morgan fingerprint density at radius 2 is 2.22 bits per heavy atom. The molecule has 7 heteroatoms. The van der Waals surface area contributed by atoms with Crippen LogP contribution in [0.15, 0.2) is 22.7 Å². The first-order valence-electron chi connectivity index (χ1n) is 5.44. The van der Waals surface area contributed by atoms with Crippen LogP contribution in [-0.2, 0) is 4.79 Å². The lowest BCUT2D eigenvalue weighted by molar-refractivity contribution is -0.385. The Morgan fingerprint density at radius 1 is 1.56 bits per heavy atom. The highest BCUT2D eigenvalue weighted by atomic mass is 79.9. The number of halogens is 1. The maximum atomic E-state index is 11.9. The van der Waals surface area contributed by atoms with Crippen LogP contribution < -0.4 is 11.1 Å². The monoisotopic (exact) mass is 313 g/mol. The number of hydrogen-bond acceptors (Lipinski definition) is 4. The van der Waals surface area contributed by atoms with Crippen LogP contribution in [0, 0.1) is 15.5 Å². The molecule has 1 aliphatic rings. The Morgan fingerprint density at radius 3 is 2.67 bits per heavy atom. The molecule has 0 unspecified atom stereocenters. The topological polar surface area (TPSA) is 98.3 Å². The summed E-state index contributed by atoms with van der Waals surface area (Å²) in [4.78, 5) is 22.1. The molecule has 0 saturated heterocycles. The van der Waals surface area contributed by atoms with Crippen LogP contribution in [-0.4, -0.2) is 17.4 Å². The molecule has 1 fully saturated rings. The molecule has 0 spiro atoms. The minimum atomic E-state index is -0.488. The average molecular weight is 314 g/mol. The number of nitro groups is 1. The molecule has 18 heavy (non-hydrogen) atoms. The summed E-state index contributed by atoms with van der Waals surface area (Å²) in [5, 5.41) is 13.4. The molecular weight excluding hydrogens is 302 g/mol. The van der Waals surface area contributed by atoms with E-state index in [4.69, 9.17) is 5.73 Å². The molecule has 1 amide bonds. The molecule has 0 atom stereocenters. The quantitative estimate of drug-likeness (QED) is 0.656. The summed E-state index contributed by atoms with van der Waals surface area (Å²) >= 11 is 3.10. The maximum absolute atomic E-state index is 11.9. The van der Waals surface area contributed by atoms with Crippen LogP contribution in [0.1, 0.15) is 12.8 Å². The zero-order chi connectivity index (χ0) is 13.3. The Hall–Kier alpha value is -1.47. The third kappa shape index (κ3) is 2.37. The average Bonchev–Trinajstić information content (AvgIpc) is 3.09. The van der Waals surface area contributed by atoms with Crippen molar-refractivity contribution in [2.75, 3.05) is 11.9 Å². The lowest BCUT2D eigenvalue weighted by atomic mass is 10.1. The Balaban J connectivity index is 2.13. The number of benzene rings is 1. The van der Waals surface area contributed by atoms with Crippen molar-refractivity contribution in [3.8, 4) is 0 Å². The molecule has 0 heterocycles. The van der Waals surface area contributed by atoms with Crippen molar-refractivity contribution in [2.45, 2.75) is 12.8 Å². The molecule has 0 radical (unpaired) electrons. The van der Waals surface area contributed by atoms with E-state index >= 15 is 0 Å². The molecule has 1 aromatic carbocycles. The van der Waals surface area contributed by atoms with Crippen molar-refractivity contribution in [3.05, 3.63) is 32.8 Å². The number of carbonyl (C=O) groups is 1. The van der Waals surface area contributed by atoms with Crippen molar-refractivity contribution in [1.29, 1.82) is 0 Å². The highest BCUT2D eigenvalue weighted by molar-refractivity contribution is 9.10. The first-order valence-corrected chi connectivity index (χ1v) is 6.23. The SMILES string of the molecule is NCC1(C(=O)Nc2ccc([N+](=O)[O-])c(Br)c2)CC1. The van der Waals surface area contributed by atoms with E-state index in [0.29, 0.717) is 16.7 Å². The number of anilines is 1. The molecule has 0 aliphatic heterocycles. The van der Waals surface area contributed by atoms with Crippen LogP contribution in [0.5, 0.6) is 0 Å². The van der Waals surface area contributed by atoms with Gasteiger partial charge in [-0.2, -0.15) is 0 Å². The number of nitrogens with two attached hydrogens (primary N) is 1. The fourth-order valence-electron chi connectivity index (χ4n) is 1.67. The van der Waals surface area contributed by atoms with Gasteiger partial charge in [-0.15, -0.1) is 0 Å². The Bertz CT molecular complexity index is 514. The fraction of sp³-hybridized carbons (Fsp3) is 0.364. The highest BCUT2D eigenvalue weighted by Crippen LogP contribution is 2.45. The van der Waals surface area contributed by atoms with Crippen molar-refractivity contribution in [3.63, 3.8) is 0 Å². The van der Waals surface area contributed by atoms with E-state index in [9.17, 15) is 14.9 Å². The first kappa shape index (κ1) is 13.0. The number of amides is 1. The van der Waals surface area contributed by atoms with Gasteiger partial charge in [-0.25, -0.2) is 0 Å². The molecule has 1 aliphatic carbocycles. The van der Waals surface area contributed by atoms with E-state index in [1.54, 1.807) is 0 Å². The van der Waals surface area contributed by atoms with Gasteiger partial charge in [-0.1, -0.05) is 0 Å². The van der Waals surface area contributed by atoms with Crippen LogP contribution in [0.3, 0.4) is 0 Å². The summed E-state index contributed by atoms with van der Waals surface area (Å²) in [5.74, 6) is -0.120. The first-order chi connectivity index (χ1) is 8.48. The van der Waals surface area contributed by atoms with Gasteiger partial charge in [0.05, 0.1) is 14.8 Å². The molecule has 1 saturated carbocycles. The van der Waals surface area contributed by atoms with E-state index in [2.05, 4.69) is 21.2 Å². The highest BCUT2D eigenvalue weighted by Gasteiger charge is 2.48. The largest absolute Gasteiger partial charge is 0.329 e. The Kier molecular flexibility index (Phi) is 3.36. The number of nitrogens with zero attached hydrogens (tertiary/aromatic N) is 1. The van der Waals surface area contributed by atoms with Crippen molar-refractivity contribution >= 4 is 33.2 Å². The summed E-state index contributed by atoms with van der Waals surface area (Å²) in [7, 11) is 0. The van der Waals surface area contributed by atoms with Crippen molar-refractivity contribution in [2.24, 2.45) is 11.1 Å². The van der Waals surface area contributed by atoms with Gasteiger partial charge in [0.25, 0.3) is 5.69 Å². The summed E-state index contributed by atoms with van der Waals surface area (Å²) < 4.78 is 0.336. The van der Waals surface area contributed by atoms with Gasteiger partial charge in [0.15, 0.2) is 0 Å². The molecule has 0 aromatic heterocycles. The van der Waals surface area contributed by atoms with E-state index in [0.717, 1.165) is 12.8 Å². The van der Waals surface area contributed by atoms with E-state index in [-0.39, 0.29) is 11.6 Å². The van der Waals surface area contributed by atoms with Crippen LogP contribution in [0.2, 0.25) is 0 Å². The van der Waals surface area contributed by atoms with Crippen LogP contribution >= 0.6 is 15.9 Å². The second kappa shape index (κ2) is 4.66. The normalized spacial score (nSPS) is 16.1.